The normalized spacial score (nSPS) is 10.7. The second-order valence-corrected chi connectivity index (χ2v) is 6.95. The molecule has 3 aromatic rings. The van der Waals surface area contributed by atoms with Gasteiger partial charge in [-0.15, -0.1) is 21.5 Å². The average Bonchev–Trinajstić information content (AvgIpc) is 3.30. The summed E-state index contributed by atoms with van der Waals surface area (Å²) in [5.41, 5.74) is 0.850. The van der Waals surface area contributed by atoms with Crippen LogP contribution in [0.1, 0.15) is 22.5 Å². The van der Waals surface area contributed by atoms with Crippen LogP contribution < -0.4 is 4.74 Å². The predicted octanol–water partition coefficient (Wildman–Crippen LogP) is 4.56. The monoisotopic (exact) mass is 360 g/mol. The number of rotatable bonds is 8. The number of aromatic nitrogens is 2. The summed E-state index contributed by atoms with van der Waals surface area (Å²) < 4.78 is 10.8. The smallest absolute Gasteiger partial charge is 0.276 e. The summed E-state index contributed by atoms with van der Waals surface area (Å²) in [5, 5.41) is 10.5. The molecule has 0 unspecified atom stereocenters. The lowest BCUT2D eigenvalue weighted by molar-refractivity contribution is 0.0986. The van der Waals surface area contributed by atoms with Gasteiger partial charge in [0.15, 0.2) is 5.78 Å². The van der Waals surface area contributed by atoms with Crippen LogP contribution in [-0.4, -0.2) is 28.8 Å². The van der Waals surface area contributed by atoms with E-state index >= 15 is 0 Å². The van der Waals surface area contributed by atoms with E-state index in [-0.39, 0.29) is 5.78 Å². The number of thioether (sulfide) groups is 1. The fourth-order valence-electron chi connectivity index (χ4n) is 2.07. The third-order valence-electron chi connectivity index (χ3n) is 3.31. The maximum absolute atomic E-state index is 11.9. The van der Waals surface area contributed by atoms with Crippen LogP contribution in [0.2, 0.25) is 0 Å². The van der Waals surface area contributed by atoms with E-state index in [1.807, 2.05) is 41.8 Å². The highest BCUT2D eigenvalue weighted by Gasteiger charge is 2.10. The maximum Gasteiger partial charge on any atom is 0.276 e. The first-order valence-electron chi connectivity index (χ1n) is 7.43. The Morgan fingerprint density at radius 2 is 2.08 bits per heavy atom. The van der Waals surface area contributed by atoms with Gasteiger partial charge in [0.1, 0.15) is 5.75 Å². The van der Waals surface area contributed by atoms with Gasteiger partial charge in [0.25, 0.3) is 5.22 Å². The molecular weight excluding hydrogens is 344 g/mol. The van der Waals surface area contributed by atoms with E-state index in [9.17, 15) is 4.79 Å². The van der Waals surface area contributed by atoms with Crippen molar-refractivity contribution in [1.29, 1.82) is 0 Å². The molecular formula is C17H16N2O3S2. The minimum atomic E-state index is 0.190. The van der Waals surface area contributed by atoms with Crippen LogP contribution in [-0.2, 0) is 0 Å². The molecule has 124 valence electrons. The van der Waals surface area contributed by atoms with Crippen LogP contribution in [0.15, 0.2) is 51.4 Å². The molecule has 0 saturated heterocycles. The van der Waals surface area contributed by atoms with Gasteiger partial charge in [0.2, 0.25) is 5.89 Å². The van der Waals surface area contributed by atoms with E-state index in [4.69, 9.17) is 9.15 Å². The lowest BCUT2D eigenvalue weighted by Gasteiger charge is -1.99. The number of carbonyl (C=O) groups excluding carboxylic acids is 1. The van der Waals surface area contributed by atoms with Gasteiger partial charge in [-0.05, 0) is 42.1 Å². The first-order chi connectivity index (χ1) is 11.8. The molecule has 0 spiro atoms. The minimum Gasteiger partial charge on any atom is -0.497 e. The number of hydrogen-bond acceptors (Lipinski definition) is 7. The zero-order valence-corrected chi connectivity index (χ0v) is 14.7. The quantitative estimate of drug-likeness (QED) is 0.333. The van der Waals surface area contributed by atoms with Crippen LogP contribution in [0.4, 0.5) is 0 Å². The van der Waals surface area contributed by atoms with E-state index in [1.54, 1.807) is 7.11 Å². The highest BCUT2D eigenvalue weighted by Crippen LogP contribution is 2.25. The Balaban J connectivity index is 1.48. The number of ether oxygens (including phenoxy) is 1. The van der Waals surface area contributed by atoms with Gasteiger partial charge < -0.3 is 9.15 Å². The zero-order chi connectivity index (χ0) is 16.8. The van der Waals surface area contributed by atoms with Crippen molar-refractivity contribution in [1.82, 2.24) is 10.2 Å². The van der Waals surface area contributed by atoms with E-state index in [2.05, 4.69) is 10.2 Å². The predicted molar refractivity (Wildman–Crippen MR) is 94.9 cm³/mol. The summed E-state index contributed by atoms with van der Waals surface area (Å²) in [4.78, 5) is 12.7. The molecule has 5 nitrogen and oxygen atoms in total. The number of thiophene rings is 1. The van der Waals surface area contributed by atoms with Crippen molar-refractivity contribution in [2.75, 3.05) is 12.9 Å². The third kappa shape index (κ3) is 4.24. The largest absolute Gasteiger partial charge is 0.497 e. The van der Waals surface area contributed by atoms with Crippen molar-refractivity contribution in [2.45, 2.75) is 18.1 Å². The number of nitrogens with zero attached hydrogens (tertiary/aromatic N) is 2. The standard InChI is InChI=1S/C17H16N2O3S2/c1-21-13-8-6-12(7-9-13)16-18-19-17(22-16)24-11-2-4-14(20)15-5-3-10-23-15/h3,5-10H,2,4,11H2,1H3. The number of hydrogen-bond donors (Lipinski definition) is 0. The molecule has 0 saturated carbocycles. The molecule has 0 aliphatic carbocycles. The van der Waals surface area contributed by atoms with Crippen molar-refractivity contribution in [3.05, 3.63) is 46.7 Å². The van der Waals surface area contributed by atoms with Gasteiger partial charge in [-0.3, -0.25) is 4.79 Å². The second kappa shape index (κ2) is 8.12. The summed E-state index contributed by atoms with van der Waals surface area (Å²) in [5.74, 6) is 2.22. The molecule has 2 heterocycles. The highest BCUT2D eigenvalue weighted by molar-refractivity contribution is 7.99. The number of benzene rings is 1. The summed E-state index contributed by atoms with van der Waals surface area (Å²) in [6.45, 7) is 0. The van der Waals surface area contributed by atoms with E-state index < -0.39 is 0 Å². The zero-order valence-electron chi connectivity index (χ0n) is 13.1. The summed E-state index contributed by atoms with van der Waals surface area (Å²) in [6.07, 6.45) is 1.31. The Kier molecular flexibility index (Phi) is 5.66. The second-order valence-electron chi connectivity index (χ2n) is 4.95. The molecule has 0 atom stereocenters. The SMILES string of the molecule is COc1ccc(-c2nnc(SCCCC(=O)c3cccs3)o2)cc1. The molecule has 24 heavy (non-hydrogen) atoms. The molecule has 0 N–H and O–H groups in total. The molecule has 7 heteroatoms. The topological polar surface area (TPSA) is 65.2 Å². The van der Waals surface area contributed by atoms with Gasteiger partial charge in [-0.1, -0.05) is 17.8 Å². The van der Waals surface area contributed by atoms with Crippen LogP contribution in [0.5, 0.6) is 5.75 Å². The number of methoxy groups -OCH3 is 1. The van der Waals surface area contributed by atoms with Crippen LogP contribution >= 0.6 is 23.1 Å². The molecule has 0 aliphatic rings. The number of carbonyl (C=O) groups is 1. The van der Waals surface area contributed by atoms with Crippen molar-refractivity contribution in [3.8, 4) is 17.2 Å². The summed E-state index contributed by atoms with van der Waals surface area (Å²) in [7, 11) is 1.62. The fraction of sp³-hybridized carbons (Fsp3) is 0.235. The van der Waals surface area contributed by atoms with Crippen molar-refractivity contribution in [2.24, 2.45) is 0 Å². The average molecular weight is 360 g/mol. The Hall–Kier alpha value is -2.12. The maximum atomic E-state index is 11.9. The molecule has 2 aromatic heterocycles. The Bertz CT molecular complexity index is 783. The molecule has 0 bridgehead atoms. The Morgan fingerprint density at radius 1 is 1.25 bits per heavy atom. The van der Waals surface area contributed by atoms with E-state index in [0.717, 1.165) is 28.4 Å². The first-order valence-corrected chi connectivity index (χ1v) is 9.30. The lowest BCUT2D eigenvalue weighted by Crippen LogP contribution is -1.96. The molecule has 0 radical (unpaired) electrons. The third-order valence-corrected chi connectivity index (χ3v) is 5.13. The fourth-order valence-corrected chi connectivity index (χ4v) is 3.47. The molecule has 0 fully saturated rings. The minimum absolute atomic E-state index is 0.190. The lowest BCUT2D eigenvalue weighted by atomic mass is 10.2. The molecule has 3 rings (SSSR count). The van der Waals surface area contributed by atoms with E-state index in [1.165, 1.54) is 23.1 Å². The van der Waals surface area contributed by atoms with Gasteiger partial charge in [-0.2, -0.15) is 0 Å². The highest BCUT2D eigenvalue weighted by atomic mass is 32.2. The van der Waals surface area contributed by atoms with E-state index in [0.29, 0.717) is 17.5 Å². The number of Topliss-reactive ketones (excluding diaryl/α,β-unsaturated/α-hetero) is 1. The Morgan fingerprint density at radius 3 is 2.79 bits per heavy atom. The van der Waals surface area contributed by atoms with Crippen molar-refractivity contribution >= 4 is 28.9 Å². The van der Waals surface area contributed by atoms with Gasteiger partial charge in [-0.25, -0.2) is 0 Å². The van der Waals surface area contributed by atoms with Crippen LogP contribution in [0.3, 0.4) is 0 Å². The summed E-state index contributed by atoms with van der Waals surface area (Å²) >= 11 is 2.95. The Labute approximate surface area is 148 Å². The van der Waals surface area contributed by atoms with Crippen molar-refractivity contribution < 1.29 is 13.9 Å². The van der Waals surface area contributed by atoms with Crippen molar-refractivity contribution in [3.63, 3.8) is 0 Å². The molecule has 0 amide bonds. The number of ketones is 1. The van der Waals surface area contributed by atoms with Gasteiger partial charge >= 0.3 is 0 Å². The molecule has 0 aliphatic heterocycles. The van der Waals surface area contributed by atoms with Crippen LogP contribution in [0, 0.1) is 0 Å². The summed E-state index contributed by atoms with van der Waals surface area (Å²) in [6, 6.07) is 11.2. The first kappa shape index (κ1) is 16.7. The van der Waals surface area contributed by atoms with Crippen LogP contribution in [0.25, 0.3) is 11.5 Å². The van der Waals surface area contributed by atoms with Gasteiger partial charge in [0.05, 0.1) is 12.0 Å². The van der Waals surface area contributed by atoms with Gasteiger partial charge in [0, 0.05) is 17.7 Å². The molecule has 1 aromatic carbocycles.